The lowest BCUT2D eigenvalue weighted by atomic mass is 10.2. The number of hydrogen-bond acceptors (Lipinski definition) is 3. The highest BCUT2D eigenvalue weighted by Gasteiger charge is 2.09. The molecule has 0 aliphatic heterocycles. The van der Waals surface area contributed by atoms with Crippen LogP contribution in [0.25, 0.3) is 0 Å². The summed E-state index contributed by atoms with van der Waals surface area (Å²) in [5.41, 5.74) is 2.02. The molecule has 0 unspecified atom stereocenters. The van der Waals surface area contributed by atoms with Gasteiger partial charge in [-0.1, -0.05) is 23.2 Å². The number of halogens is 2. The second kappa shape index (κ2) is 5.99. The third kappa shape index (κ3) is 3.43. The van der Waals surface area contributed by atoms with E-state index in [1.807, 2.05) is 0 Å². The molecule has 2 rings (SSSR count). The minimum Gasteiger partial charge on any atom is -0.348 e. The summed E-state index contributed by atoms with van der Waals surface area (Å²) in [7, 11) is 0. The van der Waals surface area contributed by atoms with Gasteiger partial charge in [0.1, 0.15) is 5.15 Å². The van der Waals surface area contributed by atoms with Crippen LogP contribution in [0.15, 0.2) is 30.6 Å². The average Bonchev–Trinajstić information content (AvgIpc) is 2.40. The topological polar surface area (TPSA) is 54.9 Å². The number of amides is 1. The predicted octanol–water partition coefficient (Wildman–Crippen LogP) is 3.02. The van der Waals surface area contributed by atoms with Crippen LogP contribution in [0, 0.1) is 6.92 Å². The summed E-state index contributed by atoms with van der Waals surface area (Å²) in [6, 6.07) is 5.13. The minimum atomic E-state index is -0.184. The van der Waals surface area contributed by atoms with Crippen LogP contribution in [0.5, 0.6) is 0 Å². The summed E-state index contributed by atoms with van der Waals surface area (Å²) in [6.45, 7) is 2.12. The van der Waals surface area contributed by atoms with E-state index in [9.17, 15) is 4.79 Å². The molecule has 4 nitrogen and oxygen atoms in total. The fourth-order valence-corrected chi connectivity index (χ4v) is 1.85. The van der Waals surface area contributed by atoms with Gasteiger partial charge in [0.2, 0.25) is 0 Å². The molecule has 0 spiro atoms. The molecule has 0 fully saturated rings. The van der Waals surface area contributed by atoms with Crippen molar-refractivity contribution in [3.8, 4) is 0 Å². The van der Waals surface area contributed by atoms with E-state index in [2.05, 4.69) is 15.3 Å². The van der Waals surface area contributed by atoms with E-state index >= 15 is 0 Å². The van der Waals surface area contributed by atoms with Crippen LogP contribution in [0.3, 0.4) is 0 Å². The standard InChI is InChI=1S/C13H11Cl2N3O/c1-8-10(3-2-4-16-8)13(19)18-7-9-5-11(14)12(15)17-6-9/h2-6H,7H2,1H3,(H,18,19). The maximum absolute atomic E-state index is 12.0. The second-order valence-electron chi connectivity index (χ2n) is 3.94. The van der Waals surface area contributed by atoms with Gasteiger partial charge in [0.05, 0.1) is 10.6 Å². The molecule has 2 aromatic rings. The van der Waals surface area contributed by atoms with E-state index < -0.39 is 0 Å². The van der Waals surface area contributed by atoms with Crippen LogP contribution in [0.2, 0.25) is 10.2 Å². The fourth-order valence-electron chi connectivity index (χ4n) is 1.56. The molecule has 0 aliphatic rings. The van der Waals surface area contributed by atoms with E-state index in [1.54, 1.807) is 37.5 Å². The smallest absolute Gasteiger partial charge is 0.253 e. The van der Waals surface area contributed by atoms with Gasteiger partial charge in [0.25, 0.3) is 5.91 Å². The van der Waals surface area contributed by atoms with Gasteiger partial charge in [-0.2, -0.15) is 0 Å². The molecule has 0 bridgehead atoms. The number of aromatic nitrogens is 2. The first-order valence-electron chi connectivity index (χ1n) is 5.57. The quantitative estimate of drug-likeness (QED) is 0.886. The number of rotatable bonds is 3. The molecule has 1 N–H and O–H groups in total. The van der Waals surface area contributed by atoms with Gasteiger partial charge in [-0.05, 0) is 30.7 Å². The van der Waals surface area contributed by atoms with Gasteiger partial charge >= 0.3 is 0 Å². The normalized spacial score (nSPS) is 10.3. The number of nitrogens with zero attached hydrogens (tertiary/aromatic N) is 2. The van der Waals surface area contributed by atoms with E-state index in [0.29, 0.717) is 22.8 Å². The van der Waals surface area contributed by atoms with Crippen LogP contribution < -0.4 is 5.32 Å². The molecular formula is C13H11Cl2N3O. The molecular weight excluding hydrogens is 285 g/mol. The van der Waals surface area contributed by atoms with Crippen LogP contribution in [-0.4, -0.2) is 15.9 Å². The van der Waals surface area contributed by atoms with Gasteiger partial charge in [0.15, 0.2) is 0 Å². The Morgan fingerprint density at radius 2 is 2.16 bits per heavy atom. The van der Waals surface area contributed by atoms with Crippen molar-refractivity contribution in [1.82, 2.24) is 15.3 Å². The molecule has 19 heavy (non-hydrogen) atoms. The summed E-state index contributed by atoms with van der Waals surface area (Å²) < 4.78 is 0. The van der Waals surface area contributed by atoms with Crippen LogP contribution in [0.4, 0.5) is 0 Å². The molecule has 6 heteroatoms. The predicted molar refractivity (Wildman–Crippen MR) is 74.4 cm³/mol. The Hall–Kier alpha value is -1.65. The average molecular weight is 296 g/mol. The molecule has 0 saturated carbocycles. The fraction of sp³-hybridized carbons (Fsp3) is 0.154. The van der Waals surface area contributed by atoms with Crippen molar-refractivity contribution >= 4 is 29.1 Å². The molecule has 2 heterocycles. The largest absolute Gasteiger partial charge is 0.348 e. The Bertz CT molecular complexity index is 617. The lowest BCUT2D eigenvalue weighted by Crippen LogP contribution is -2.23. The third-order valence-electron chi connectivity index (χ3n) is 2.56. The van der Waals surface area contributed by atoms with Gasteiger partial charge in [-0.15, -0.1) is 0 Å². The van der Waals surface area contributed by atoms with E-state index in [0.717, 1.165) is 5.56 Å². The molecule has 2 aromatic heterocycles. The van der Waals surface area contributed by atoms with Gasteiger partial charge < -0.3 is 5.32 Å². The highest BCUT2D eigenvalue weighted by Crippen LogP contribution is 2.19. The van der Waals surface area contributed by atoms with Crippen LogP contribution in [0.1, 0.15) is 21.6 Å². The van der Waals surface area contributed by atoms with Crippen molar-refractivity contribution in [2.75, 3.05) is 0 Å². The highest BCUT2D eigenvalue weighted by atomic mass is 35.5. The SMILES string of the molecule is Cc1ncccc1C(=O)NCc1cnc(Cl)c(Cl)c1. The summed E-state index contributed by atoms with van der Waals surface area (Å²) >= 11 is 11.6. The zero-order chi connectivity index (χ0) is 13.8. The molecule has 98 valence electrons. The second-order valence-corrected chi connectivity index (χ2v) is 4.70. The molecule has 1 amide bonds. The van der Waals surface area contributed by atoms with Crippen molar-refractivity contribution < 1.29 is 4.79 Å². The maximum atomic E-state index is 12.0. The number of aryl methyl sites for hydroxylation is 1. The van der Waals surface area contributed by atoms with Crippen molar-refractivity contribution in [3.05, 3.63) is 57.6 Å². The lowest BCUT2D eigenvalue weighted by molar-refractivity contribution is 0.0950. The van der Waals surface area contributed by atoms with Gasteiger partial charge in [0, 0.05) is 24.6 Å². The molecule has 0 aromatic carbocycles. The Morgan fingerprint density at radius 3 is 2.84 bits per heavy atom. The monoisotopic (exact) mass is 295 g/mol. The maximum Gasteiger partial charge on any atom is 0.253 e. The number of carbonyl (C=O) groups excluding carboxylic acids is 1. The summed E-state index contributed by atoms with van der Waals surface area (Å²) in [6.07, 6.45) is 3.22. The van der Waals surface area contributed by atoms with Crippen molar-refractivity contribution in [1.29, 1.82) is 0 Å². The Labute approximate surface area is 120 Å². The number of carbonyl (C=O) groups is 1. The van der Waals surface area contributed by atoms with E-state index in [-0.39, 0.29) is 11.1 Å². The summed E-state index contributed by atoms with van der Waals surface area (Å²) in [5, 5.41) is 3.40. The third-order valence-corrected chi connectivity index (χ3v) is 3.24. The van der Waals surface area contributed by atoms with Crippen LogP contribution in [-0.2, 0) is 6.54 Å². The number of nitrogens with one attached hydrogen (secondary N) is 1. The Morgan fingerprint density at radius 1 is 1.37 bits per heavy atom. The van der Waals surface area contributed by atoms with Gasteiger partial charge in [-0.25, -0.2) is 4.98 Å². The Kier molecular flexibility index (Phi) is 4.35. The number of hydrogen-bond donors (Lipinski definition) is 1. The Balaban J connectivity index is 2.04. The molecule has 0 radical (unpaired) electrons. The first kappa shape index (κ1) is 13.8. The highest BCUT2D eigenvalue weighted by molar-refractivity contribution is 6.41. The van der Waals surface area contributed by atoms with E-state index in [4.69, 9.17) is 23.2 Å². The minimum absolute atomic E-state index is 0.184. The first-order valence-corrected chi connectivity index (χ1v) is 6.33. The zero-order valence-corrected chi connectivity index (χ0v) is 11.7. The molecule has 0 saturated heterocycles. The van der Waals surface area contributed by atoms with E-state index in [1.165, 1.54) is 0 Å². The summed E-state index contributed by atoms with van der Waals surface area (Å²) in [5.74, 6) is -0.184. The first-order chi connectivity index (χ1) is 9.08. The number of pyridine rings is 2. The van der Waals surface area contributed by atoms with Crippen LogP contribution >= 0.6 is 23.2 Å². The molecule has 0 atom stereocenters. The van der Waals surface area contributed by atoms with Crippen molar-refractivity contribution in [2.45, 2.75) is 13.5 Å². The molecule has 0 aliphatic carbocycles. The van der Waals surface area contributed by atoms with Crippen molar-refractivity contribution in [3.63, 3.8) is 0 Å². The lowest BCUT2D eigenvalue weighted by Gasteiger charge is -2.07. The summed E-state index contributed by atoms with van der Waals surface area (Å²) in [4.78, 5) is 19.9. The van der Waals surface area contributed by atoms with Gasteiger partial charge in [-0.3, -0.25) is 9.78 Å². The van der Waals surface area contributed by atoms with Crippen molar-refractivity contribution in [2.24, 2.45) is 0 Å². The zero-order valence-electron chi connectivity index (χ0n) is 10.2.